The largest absolute Gasteiger partial charge is 0.497 e. The van der Waals surface area contributed by atoms with Crippen LogP contribution < -0.4 is 4.74 Å². The molecule has 1 saturated heterocycles. The highest BCUT2D eigenvalue weighted by atomic mass is 16.5. The Bertz CT molecular complexity index is 492. The van der Waals surface area contributed by atoms with Crippen molar-refractivity contribution in [3.8, 4) is 5.75 Å². The minimum Gasteiger partial charge on any atom is -0.497 e. The first kappa shape index (κ1) is 15.6. The van der Waals surface area contributed by atoms with Gasteiger partial charge in [0.15, 0.2) is 0 Å². The Hall–Kier alpha value is -1.77. The van der Waals surface area contributed by atoms with Gasteiger partial charge in [0.05, 0.1) is 7.11 Å². The van der Waals surface area contributed by atoms with E-state index in [0.29, 0.717) is 5.92 Å². The van der Waals surface area contributed by atoms with Crippen LogP contribution in [0.15, 0.2) is 35.9 Å². The highest BCUT2D eigenvalue weighted by Crippen LogP contribution is 2.23. The molecule has 2 rings (SSSR count). The summed E-state index contributed by atoms with van der Waals surface area (Å²) in [5.74, 6) is 1.74. The number of amides is 1. The standard InChI is InChI=1S/C18H25NO2/c1-14(2)12-18(20)19-10-8-16(9-11-19)13-15-4-6-17(21-3)7-5-15/h4-7,12,16H,8-11,13H2,1-3H3. The molecule has 0 saturated carbocycles. The first-order valence-corrected chi connectivity index (χ1v) is 7.65. The number of benzene rings is 1. The zero-order valence-corrected chi connectivity index (χ0v) is 13.3. The summed E-state index contributed by atoms with van der Waals surface area (Å²) in [6, 6.07) is 8.31. The van der Waals surface area contributed by atoms with Crippen LogP contribution in [-0.4, -0.2) is 31.0 Å². The Morgan fingerprint density at radius 3 is 2.38 bits per heavy atom. The van der Waals surface area contributed by atoms with Crippen molar-refractivity contribution in [2.45, 2.75) is 33.1 Å². The third-order valence-electron chi connectivity index (χ3n) is 4.02. The molecule has 0 aromatic heterocycles. The minimum atomic E-state index is 0.165. The van der Waals surface area contributed by atoms with E-state index in [0.717, 1.165) is 43.7 Å². The fourth-order valence-electron chi connectivity index (χ4n) is 2.79. The van der Waals surface area contributed by atoms with Gasteiger partial charge in [-0.15, -0.1) is 0 Å². The van der Waals surface area contributed by atoms with E-state index in [4.69, 9.17) is 4.74 Å². The number of hydrogen-bond donors (Lipinski definition) is 0. The fourth-order valence-corrected chi connectivity index (χ4v) is 2.79. The maximum atomic E-state index is 12.0. The van der Waals surface area contributed by atoms with Gasteiger partial charge in [-0.25, -0.2) is 0 Å². The fraction of sp³-hybridized carbons (Fsp3) is 0.500. The molecule has 0 unspecified atom stereocenters. The summed E-state index contributed by atoms with van der Waals surface area (Å²) in [6.45, 7) is 5.69. The second-order valence-corrected chi connectivity index (χ2v) is 6.04. The van der Waals surface area contributed by atoms with Crippen LogP contribution in [0.3, 0.4) is 0 Å². The lowest BCUT2D eigenvalue weighted by molar-refractivity contribution is -0.127. The number of nitrogens with zero attached hydrogens (tertiary/aromatic N) is 1. The first-order valence-electron chi connectivity index (χ1n) is 7.65. The number of carbonyl (C=O) groups excluding carboxylic acids is 1. The second-order valence-electron chi connectivity index (χ2n) is 6.04. The lowest BCUT2D eigenvalue weighted by atomic mass is 9.90. The summed E-state index contributed by atoms with van der Waals surface area (Å²) in [4.78, 5) is 13.9. The molecule has 0 aliphatic carbocycles. The van der Waals surface area contributed by atoms with E-state index in [1.807, 2.05) is 30.9 Å². The number of allylic oxidation sites excluding steroid dienone is 1. The molecular formula is C18H25NO2. The van der Waals surface area contributed by atoms with Crippen molar-refractivity contribution in [3.05, 3.63) is 41.5 Å². The van der Waals surface area contributed by atoms with Gasteiger partial charge in [-0.2, -0.15) is 0 Å². The van der Waals surface area contributed by atoms with E-state index in [1.54, 1.807) is 13.2 Å². The van der Waals surface area contributed by atoms with Crippen molar-refractivity contribution in [1.29, 1.82) is 0 Å². The van der Waals surface area contributed by atoms with Crippen LogP contribution in [-0.2, 0) is 11.2 Å². The lowest BCUT2D eigenvalue weighted by Crippen LogP contribution is -2.38. The number of carbonyl (C=O) groups is 1. The molecular weight excluding hydrogens is 262 g/mol. The summed E-state index contributed by atoms with van der Waals surface area (Å²) in [6.07, 6.45) is 5.02. The summed E-state index contributed by atoms with van der Waals surface area (Å²) in [5, 5.41) is 0. The van der Waals surface area contributed by atoms with Gasteiger partial charge in [0.1, 0.15) is 5.75 Å². The Labute approximate surface area is 127 Å². The monoisotopic (exact) mass is 287 g/mol. The Kier molecular flexibility index (Phi) is 5.43. The lowest BCUT2D eigenvalue weighted by Gasteiger charge is -2.31. The normalized spacial score (nSPS) is 15.7. The molecule has 0 radical (unpaired) electrons. The Balaban J connectivity index is 1.83. The average Bonchev–Trinajstić information content (AvgIpc) is 2.48. The Morgan fingerprint density at radius 2 is 1.86 bits per heavy atom. The molecule has 1 aliphatic rings. The van der Waals surface area contributed by atoms with Crippen molar-refractivity contribution in [2.75, 3.05) is 20.2 Å². The van der Waals surface area contributed by atoms with E-state index in [1.165, 1.54) is 5.56 Å². The molecule has 114 valence electrons. The van der Waals surface area contributed by atoms with Crippen molar-refractivity contribution < 1.29 is 9.53 Å². The van der Waals surface area contributed by atoms with Crippen LogP contribution >= 0.6 is 0 Å². The highest BCUT2D eigenvalue weighted by Gasteiger charge is 2.21. The predicted octanol–water partition coefficient (Wildman–Crippen LogP) is 3.44. The number of likely N-dealkylation sites (tertiary alicyclic amines) is 1. The molecule has 1 aromatic carbocycles. The number of rotatable bonds is 4. The molecule has 1 aliphatic heterocycles. The number of piperidine rings is 1. The van der Waals surface area contributed by atoms with Crippen LogP contribution in [0.5, 0.6) is 5.75 Å². The highest BCUT2D eigenvalue weighted by molar-refractivity contribution is 5.88. The molecule has 1 heterocycles. The third-order valence-corrected chi connectivity index (χ3v) is 4.02. The van der Waals surface area contributed by atoms with E-state index < -0.39 is 0 Å². The number of ether oxygens (including phenoxy) is 1. The van der Waals surface area contributed by atoms with Gasteiger partial charge in [-0.3, -0.25) is 4.79 Å². The molecule has 0 spiro atoms. The quantitative estimate of drug-likeness (QED) is 0.794. The van der Waals surface area contributed by atoms with Gasteiger partial charge in [-0.05, 0) is 56.7 Å². The van der Waals surface area contributed by atoms with E-state index in [9.17, 15) is 4.79 Å². The van der Waals surface area contributed by atoms with Gasteiger partial charge >= 0.3 is 0 Å². The van der Waals surface area contributed by atoms with E-state index >= 15 is 0 Å². The van der Waals surface area contributed by atoms with Crippen molar-refractivity contribution >= 4 is 5.91 Å². The van der Waals surface area contributed by atoms with Crippen molar-refractivity contribution in [1.82, 2.24) is 4.90 Å². The topological polar surface area (TPSA) is 29.5 Å². The molecule has 0 N–H and O–H groups in total. The molecule has 3 nitrogen and oxygen atoms in total. The molecule has 21 heavy (non-hydrogen) atoms. The molecule has 1 fully saturated rings. The predicted molar refractivity (Wildman–Crippen MR) is 85.4 cm³/mol. The van der Waals surface area contributed by atoms with Crippen LogP contribution in [0.4, 0.5) is 0 Å². The molecule has 1 aromatic rings. The molecule has 0 bridgehead atoms. The van der Waals surface area contributed by atoms with Gasteiger partial charge in [0.2, 0.25) is 5.91 Å². The maximum absolute atomic E-state index is 12.0. The van der Waals surface area contributed by atoms with E-state index in [-0.39, 0.29) is 5.91 Å². The van der Waals surface area contributed by atoms with E-state index in [2.05, 4.69) is 12.1 Å². The average molecular weight is 287 g/mol. The maximum Gasteiger partial charge on any atom is 0.246 e. The minimum absolute atomic E-state index is 0.165. The number of methoxy groups -OCH3 is 1. The summed E-state index contributed by atoms with van der Waals surface area (Å²) in [5.41, 5.74) is 2.42. The van der Waals surface area contributed by atoms with Crippen LogP contribution in [0.25, 0.3) is 0 Å². The van der Waals surface area contributed by atoms with Crippen molar-refractivity contribution in [3.63, 3.8) is 0 Å². The summed E-state index contributed by atoms with van der Waals surface area (Å²) in [7, 11) is 1.69. The molecule has 1 amide bonds. The van der Waals surface area contributed by atoms with Crippen LogP contribution in [0, 0.1) is 5.92 Å². The summed E-state index contributed by atoms with van der Waals surface area (Å²) < 4.78 is 5.18. The van der Waals surface area contributed by atoms with Gasteiger partial charge in [-0.1, -0.05) is 17.7 Å². The molecule has 3 heteroatoms. The van der Waals surface area contributed by atoms with Gasteiger partial charge in [0, 0.05) is 19.2 Å². The zero-order chi connectivity index (χ0) is 15.2. The first-order chi connectivity index (χ1) is 10.1. The SMILES string of the molecule is COc1ccc(CC2CCN(C(=O)C=C(C)C)CC2)cc1. The smallest absolute Gasteiger partial charge is 0.246 e. The van der Waals surface area contributed by atoms with Crippen molar-refractivity contribution in [2.24, 2.45) is 5.92 Å². The van der Waals surface area contributed by atoms with Crippen LogP contribution in [0.2, 0.25) is 0 Å². The second kappa shape index (κ2) is 7.30. The Morgan fingerprint density at radius 1 is 1.24 bits per heavy atom. The summed E-state index contributed by atoms with van der Waals surface area (Å²) >= 11 is 0. The van der Waals surface area contributed by atoms with Gasteiger partial charge < -0.3 is 9.64 Å². The molecule has 0 atom stereocenters. The third kappa shape index (κ3) is 4.62. The van der Waals surface area contributed by atoms with Crippen LogP contribution in [0.1, 0.15) is 32.3 Å². The van der Waals surface area contributed by atoms with Gasteiger partial charge in [0.25, 0.3) is 0 Å². The number of hydrogen-bond acceptors (Lipinski definition) is 2. The zero-order valence-electron chi connectivity index (χ0n) is 13.3.